The van der Waals surface area contributed by atoms with E-state index >= 15 is 0 Å². The smallest absolute Gasteiger partial charge is 0.338 e. The van der Waals surface area contributed by atoms with Crippen molar-refractivity contribution in [2.75, 3.05) is 16.6 Å². The number of carbonyl (C=O) groups excluding carboxylic acids is 2. The number of carbonyl (C=O) groups is 2. The molecule has 0 aliphatic heterocycles. The lowest BCUT2D eigenvalue weighted by atomic mass is 10.2. The Kier molecular flexibility index (Phi) is 6.23. The van der Waals surface area contributed by atoms with E-state index in [4.69, 9.17) is 4.74 Å². The van der Waals surface area contributed by atoms with Gasteiger partial charge in [0, 0.05) is 17.1 Å². The molecule has 12 heteroatoms. The summed E-state index contributed by atoms with van der Waals surface area (Å²) in [7, 11) is -3.92. The van der Waals surface area contributed by atoms with E-state index in [-0.39, 0.29) is 16.4 Å². The summed E-state index contributed by atoms with van der Waals surface area (Å²) in [4.78, 5) is 39.4. The number of anilines is 2. The molecule has 3 N–H and O–H groups in total. The van der Waals surface area contributed by atoms with Gasteiger partial charge in [0.05, 0.1) is 27.8 Å². The predicted octanol–water partition coefficient (Wildman–Crippen LogP) is 2.57. The van der Waals surface area contributed by atoms with E-state index in [2.05, 4.69) is 30.0 Å². The second-order valence-corrected chi connectivity index (χ2v) is 9.05. The molecule has 1 amide bonds. The van der Waals surface area contributed by atoms with Crippen molar-refractivity contribution >= 4 is 44.6 Å². The Morgan fingerprint density at radius 2 is 1.71 bits per heavy atom. The van der Waals surface area contributed by atoms with Crippen LogP contribution < -0.4 is 10.0 Å². The van der Waals surface area contributed by atoms with Gasteiger partial charge in [-0.3, -0.25) is 4.79 Å². The van der Waals surface area contributed by atoms with Crippen molar-refractivity contribution in [2.24, 2.45) is 0 Å². The fourth-order valence-corrected chi connectivity index (χ4v) is 4.09. The number of rotatable bonds is 7. The van der Waals surface area contributed by atoms with Gasteiger partial charge in [-0.15, -0.1) is 0 Å². The molecular weight excluding hydrogens is 460 g/mol. The van der Waals surface area contributed by atoms with Crippen molar-refractivity contribution < 1.29 is 22.7 Å². The predicted molar refractivity (Wildman–Crippen MR) is 124 cm³/mol. The second kappa shape index (κ2) is 9.27. The lowest BCUT2D eigenvalue weighted by Gasteiger charge is -2.10. The Bertz CT molecular complexity index is 1460. The molecule has 0 saturated heterocycles. The molecule has 11 nitrogen and oxygen atoms in total. The molecule has 0 bridgehead atoms. The minimum absolute atomic E-state index is 0.0247. The van der Waals surface area contributed by atoms with Gasteiger partial charge in [0.15, 0.2) is 6.61 Å². The molecule has 4 aromatic rings. The van der Waals surface area contributed by atoms with Gasteiger partial charge in [-0.25, -0.2) is 32.9 Å². The lowest BCUT2D eigenvalue weighted by Crippen LogP contribution is -2.21. The summed E-state index contributed by atoms with van der Waals surface area (Å²) >= 11 is 0. The number of hydrogen-bond donors (Lipinski definition) is 3. The number of ether oxygens (including phenoxy) is 1. The maximum Gasteiger partial charge on any atom is 0.338 e. The molecule has 34 heavy (non-hydrogen) atoms. The lowest BCUT2D eigenvalue weighted by molar-refractivity contribution is -0.119. The van der Waals surface area contributed by atoms with Crippen LogP contribution in [0.5, 0.6) is 0 Å². The standard InChI is InChI=1S/C22H20N6O5S/c1-13-9-14(2)26-22(25-13)28-34(31,32)17-6-4-16(5-7-17)27-20(29)11-33-21(30)15-3-8-18-19(10-15)24-12-23-18/h3-10,12H,11H2,1-2H3,(H,23,24)(H,27,29)(H,25,26,28). The quantitative estimate of drug-likeness (QED) is 0.341. The number of aromatic amines is 1. The molecule has 0 spiro atoms. The average Bonchev–Trinajstić information content (AvgIpc) is 3.25. The maximum absolute atomic E-state index is 12.6. The van der Waals surface area contributed by atoms with Crippen molar-refractivity contribution in [1.82, 2.24) is 19.9 Å². The van der Waals surface area contributed by atoms with Gasteiger partial charge < -0.3 is 15.0 Å². The Morgan fingerprint density at radius 3 is 2.41 bits per heavy atom. The van der Waals surface area contributed by atoms with Gasteiger partial charge in [-0.1, -0.05) is 0 Å². The number of fused-ring (bicyclic) bond motifs is 1. The Morgan fingerprint density at radius 1 is 1.00 bits per heavy atom. The van der Waals surface area contributed by atoms with Crippen LogP contribution in [0.4, 0.5) is 11.6 Å². The maximum atomic E-state index is 12.6. The molecule has 2 aromatic heterocycles. The van der Waals surface area contributed by atoms with E-state index in [1.54, 1.807) is 38.1 Å². The third kappa shape index (κ3) is 5.35. The minimum atomic E-state index is -3.92. The van der Waals surface area contributed by atoms with E-state index in [0.717, 1.165) is 0 Å². The number of benzene rings is 2. The highest BCUT2D eigenvalue weighted by atomic mass is 32.2. The van der Waals surface area contributed by atoms with Gasteiger partial charge in [0.2, 0.25) is 5.95 Å². The van der Waals surface area contributed by atoms with Crippen LogP contribution in [-0.2, 0) is 19.6 Å². The fourth-order valence-electron chi connectivity index (χ4n) is 3.14. The molecule has 2 heterocycles. The van der Waals surface area contributed by atoms with Gasteiger partial charge in [0.25, 0.3) is 15.9 Å². The number of imidazole rings is 1. The summed E-state index contributed by atoms with van der Waals surface area (Å²) in [6, 6.07) is 12.0. The van der Waals surface area contributed by atoms with E-state index in [0.29, 0.717) is 28.1 Å². The Labute approximate surface area is 194 Å². The highest BCUT2D eigenvalue weighted by molar-refractivity contribution is 7.92. The van der Waals surface area contributed by atoms with Gasteiger partial charge >= 0.3 is 5.97 Å². The van der Waals surface area contributed by atoms with Gasteiger partial charge in [-0.2, -0.15) is 0 Å². The summed E-state index contributed by atoms with van der Waals surface area (Å²) in [5.74, 6) is -1.26. The monoisotopic (exact) mass is 480 g/mol. The number of hydrogen-bond acceptors (Lipinski definition) is 8. The molecule has 0 unspecified atom stereocenters. The summed E-state index contributed by atoms with van der Waals surface area (Å²) in [6.07, 6.45) is 1.51. The van der Waals surface area contributed by atoms with Crippen molar-refractivity contribution in [3.05, 3.63) is 71.8 Å². The first kappa shape index (κ1) is 22.9. The third-order valence-electron chi connectivity index (χ3n) is 4.65. The van der Waals surface area contributed by atoms with E-state index in [1.165, 1.54) is 30.6 Å². The van der Waals surface area contributed by atoms with Crippen LogP contribution in [0.1, 0.15) is 21.7 Å². The number of sulfonamides is 1. The van der Waals surface area contributed by atoms with Crippen molar-refractivity contribution in [3.63, 3.8) is 0 Å². The molecule has 0 aliphatic carbocycles. The summed E-state index contributed by atoms with van der Waals surface area (Å²) in [5.41, 5.74) is 3.25. The zero-order chi connectivity index (χ0) is 24.3. The van der Waals surface area contributed by atoms with Crippen molar-refractivity contribution in [1.29, 1.82) is 0 Å². The van der Waals surface area contributed by atoms with Crippen LogP contribution in [0.2, 0.25) is 0 Å². The number of nitrogens with one attached hydrogen (secondary N) is 3. The number of aromatic nitrogens is 4. The number of esters is 1. The number of aryl methyl sites for hydroxylation is 2. The van der Waals surface area contributed by atoms with Crippen molar-refractivity contribution in [2.45, 2.75) is 18.7 Å². The minimum Gasteiger partial charge on any atom is -0.452 e. The van der Waals surface area contributed by atoms with Crippen LogP contribution in [0.3, 0.4) is 0 Å². The topological polar surface area (TPSA) is 156 Å². The first-order chi connectivity index (χ1) is 16.2. The first-order valence-corrected chi connectivity index (χ1v) is 11.5. The van der Waals surface area contributed by atoms with E-state index < -0.39 is 28.5 Å². The third-order valence-corrected chi connectivity index (χ3v) is 5.99. The molecule has 4 rings (SSSR count). The molecular formula is C22H20N6O5S. The van der Waals surface area contributed by atoms with Crippen LogP contribution >= 0.6 is 0 Å². The van der Waals surface area contributed by atoms with E-state index in [1.807, 2.05) is 0 Å². The largest absolute Gasteiger partial charge is 0.452 e. The van der Waals surface area contributed by atoms with Crippen LogP contribution in [0, 0.1) is 13.8 Å². The highest BCUT2D eigenvalue weighted by Gasteiger charge is 2.17. The summed E-state index contributed by atoms with van der Waals surface area (Å²) in [6.45, 7) is 2.96. The Hall–Kier alpha value is -4.32. The Balaban J connectivity index is 1.34. The second-order valence-electron chi connectivity index (χ2n) is 7.36. The summed E-state index contributed by atoms with van der Waals surface area (Å²) < 4.78 is 32.6. The van der Waals surface area contributed by atoms with Gasteiger partial charge in [0.1, 0.15) is 0 Å². The SMILES string of the molecule is Cc1cc(C)nc(NS(=O)(=O)c2ccc(NC(=O)COC(=O)c3ccc4nc[nH]c4c3)cc2)n1. The van der Waals surface area contributed by atoms with Crippen LogP contribution in [-0.4, -0.2) is 46.8 Å². The normalized spacial score (nSPS) is 11.2. The number of nitrogens with zero attached hydrogens (tertiary/aromatic N) is 3. The molecule has 2 aromatic carbocycles. The number of H-pyrrole nitrogens is 1. The molecule has 0 atom stereocenters. The zero-order valence-corrected chi connectivity index (χ0v) is 19.0. The molecule has 0 aliphatic rings. The molecule has 174 valence electrons. The van der Waals surface area contributed by atoms with Gasteiger partial charge in [-0.05, 0) is 62.4 Å². The number of amides is 1. The van der Waals surface area contributed by atoms with Crippen molar-refractivity contribution in [3.8, 4) is 0 Å². The summed E-state index contributed by atoms with van der Waals surface area (Å²) in [5, 5.41) is 2.55. The molecule has 0 radical (unpaired) electrons. The van der Waals surface area contributed by atoms with E-state index in [9.17, 15) is 18.0 Å². The highest BCUT2D eigenvalue weighted by Crippen LogP contribution is 2.17. The zero-order valence-electron chi connectivity index (χ0n) is 18.2. The van der Waals surface area contributed by atoms with Crippen LogP contribution in [0.25, 0.3) is 11.0 Å². The average molecular weight is 481 g/mol. The van der Waals surface area contributed by atoms with Crippen LogP contribution in [0.15, 0.2) is 59.8 Å². The molecule has 0 fully saturated rings. The fraction of sp³-hybridized carbons (Fsp3) is 0.136. The first-order valence-electron chi connectivity index (χ1n) is 10.0. The molecule has 0 saturated carbocycles.